The molecule has 0 aliphatic rings. The van der Waals surface area contributed by atoms with Crippen LogP contribution in [0.5, 0.6) is 0 Å². The molecule has 0 fully saturated rings. The Hall–Kier alpha value is -2.07. The summed E-state index contributed by atoms with van der Waals surface area (Å²) in [4.78, 5) is 34.9. The highest BCUT2D eigenvalue weighted by Gasteiger charge is 2.27. The first-order valence-corrected chi connectivity index (χ1v) is 22.6. The van der Waals surface area contributed by atoms with Crippen molar-refractivity contribution in [3.63, 3.8) is 0 Å². The second-order valence-electron chi connectivity index (χ2n) is 14.0. The zero-order valence-corrected chi connectivity index (χ0v) is 34.8. The van der Waals surface area contributed by atoms with Crippen LogP contribution in [0.1, 0.15) is 174 Å². The molecule has 0 saturated carbocycles. The molecule has 0 aromatic rings. The number of phosphoric ester groups is 1. The molecular formula is C43H77O10P. The summed E-state index contributed by atoms with van der Waals surface area (Å²) >= 11 is 0. The van der Waals surface area contributed by atoms with Crippen molar-refractivity contribution >= 4 is 19.8 Å². The zero-order chi connectivity index (χ0) is 39.8. The molecule has 0 rings (SSSR count). The number of carbonyl (C=O) groups is 2. The van der Waals surface area contributed by atoms with Crippen molar-refractivity contribution in [1.29, 1.82) is 0 Å². The van der Waals surface area contributed by atoms with E-state index in [9.17, 15) is 24.2 Å². The number of phosphoric acid groups is 1. The van der Waals surface area contributed by atoms with Crippen molar-refractivity contribution in [3.05, 3.63) is 48.6 Å². The summed E-state index contributed by atoms with van der Waals surface area (Å²) in [7, 11) is -4.63. The molecule has 3 atom stereocenters. The molecule has 0 aromatic heterocycles. The highest BCUT2D eigenvalue weighted by molar-refractivity contribution is 7.47. The van der Waals surface area contributed by atoms with Gasteiger partial charge in [-0.1, -0.05) is 159 Å². The number of unbranched alkanes of at least 4 members (excludes halogenated alkanes) is 17. The predicted molar refractivity (Wildman–Crippen MR) is 219 cm³/mol. The Balaban J connectivity index is 4.36. The molecular weight excluding hydrogens is 707 g/mol. The summed E-state index contributed by atoms with van der Waals surface area (Å²) < 4.78 is 32.6. The van der Waals surface area contributed by atoms with Gasteiger partial charge in [0.2, 0.25) is 0 Å². The Morgan fingerprint density at radius 1 is 0.574 bits per heavy atom. The summed E-state index contributed by atoms with van der Waals surface area (Å²) in [5.74, 6) is -0.971. The smallest absolute Gasteiger partial charge is 0.462 e. The number of hydrogen-bond donors (Lipinski definition) is 3. The van der Waals surface area contributed by atoms with Crippen molar-refractivity contribution in [2.75, 3.05) is 26.4 Å². The molecule has 0 aliphatic carbocycles. The number of allylic oxidation sites excluding steroid dienone is 8. The van der Waals surface area contributed by atoms with Gasteiger partial charge in [-0.15, -0.1) is 0 Å². The Morgan fingerprint density at radius 3 is 1.54 bits per heavy atom. The van der Waals surface area contributed by atoms with Gasteiger partial charge in [-0.05, 0) is 51.4 Å². The third kappa shape index (κ3) is 38.2. The fourth-order valence-corrected chi connectivity index (χ4v) is 6.30. The average molecular weight is 785 g/mol. The number of carbonyl (C=O) groups excluding carboxylic acids is 2. The van der Waals surface area contributed by atoms with E-state index in [0.29, 0.717) is 12.8 Å². The van der Waals surface area contributed by atoms with Gasteiger partial charge in [0.1, 0.15) is 12.7 Å². The largest absolute Gasteiger partial charge is 0.472 e. The molecule has 314 valence electrons. The van der Waals surface area contributed by atoms with Crippen molar-refractivity contribution in [1.82, 2.24) is 0 Å². The fraction of sp³-hybridized carbons (Fsp3) is 0.767. The lowest BCUT2D eigenvalue weighted by Crippen LogP contribution is -2.29. The molecule has 0 radical (unpaired) electrons. The SMILES string of the molecule is CC/C=C/C/C=C/C/C=C/C/C=C/CCCCC(=O)O[C@H](COC(=O)CCCCCCCCCCCCCCCCCC)COP(=O)(O)OC[C@@H](O)CO. The van der Waals surface area contributed by atoms with Crippen LogP contribution in [-0.4, -0.2) is 65.7 Å². The lowest BCUT2D eigenvalue weighted by molar-refractivity contribution is -0.161. The van der Waals surface area contributed by atoms with Crippen molar-refractivity contribution < 1.29 is 47.8 Å². The lowest BCUT2D eigenvalue weighted by Gasteiger charge is -2.20. The van der Waals surface area contributed by atoms with Crippen LogP contribution >= 0.6 is 7.82 Å². The number of aliphatic hydroxyl groups is 2. The predicted octanol–water partition coefficient (Wildman–Crippen LogP) is 10.9. The maximum absolute atomic E-state index is 12.6. The third-order valence-corrected chi connectivity index (χ3v) is 9.70. The van der Waals surface area contributed by atoms with Gasteiger partial charge in [0.05, 0.1) is 19.8 Å². The van der Waals surface area contributed by atoms with Crippen molar-refractivity contribution in [3.8, 4) is 0 Å². The normalized spacial score (nSPS) is 14.4. The monoisotopic (exact) mass is 785 g/mol. The Labute approximate surface area is 328 Å². The molecule has 1 unspecified atom stereocenters. The molecule has 11 heteroatoms. The highest BCUT2D eigenvalue weighted by Crippen LogP contribution is 2.43. The van der Waals surface area contributed by atoms with Crippen LogP contribution < -0.4 is 0 Å². The second-order valence-corrected chi connectivity index (χ2v) is 15.4. The first-order valence-electron chi connectivity index (χ1n) is 21.1. The molecule has 0 saturated heterocycles. The standard InChI is InChI=1S/C43H77O10P/c1-3-5-7-9-11-13-15-17-19-21-22-24-26-28-30-32-34-42(46)50-38-41(39-52-54(48,49)51-37-40(45)36-44)53-43(47)35-33-31-29-27-25-23-20-18-16-14-12-10-8-6-4-2/h6,8,12,14,18,20,25,27,40-41,44-45H,3-5,7,9-11,13,15-17,19,21-24,26,28-39H2,1-2H3,(H,48,49)/b8-6+,14-12+,20-18+,27-25+/t40-,41+/m0/s1. The summed E-state index contributed by atoms with van der Waals surface area (Å²) in [6, 6.07) is 0. The molecule has 3 N–H and O–H groups in total. The maximum Gasteiger partial charge on any atom is 0.472 e. The summed E-state index contributed by atoms with van der Waals surface area (Å²) in [5.41, 5.74) is 0. The van der Waals surface area contributed by atoms with Crippen LogP contribution in [0.25, 0.3) is 0 Å². The number of aliphatic hydroxyl groups excluding tert-OH is 2. The van der Waals surface area contributed by atoms with Gasteiger partial charge in [0, 0.05) is 12.8 Å². The second kappa shape index (κ2) is 39.2. The van der Waals surface area contributed by atoms with Crippen LogP contribution in [0, 0.1) is 0 Å². The first kappa shape index (κ1) is 51.9. The van der Waals surface area contributed by atoms with E-state index in [1.54, 1.807) is 0 Å². The Kier molecular flexibility index (Phi) is 37.7. The zero-order valence-electron chi connectivity index (χ0n) is 33.9. The molecule has 0 heterocycles. The summed E-state index contributed by atoms with van der Waals surface area (Å²) in [5, 5.41) is 18.3. The van der Waals surface area contributed by atoms with Gasteiger partial charge < -0.3 is 24.6 Å². The topological polar surface area (TPSA) is 149 Å². The van der Waals surface area contributed by atoms with Crippen molar-refractivity contribution in [2.45, 2.75) is 187 Å². The summed E-state index contributed by atoms with van der Waals surface area (Å²) in [6.45, 7) is 2.22. The van der Waals surface area contributed by atoms with E-state index in [2.05, 4.69) is 67.0 Å². The van der Waals surface area contributed by atoms with E-state index in [-0.39, 0.29) is 19.4 Å². The summed E-state index contributed by atoms with van der Waals surface area (Å²) in [6.07, 6.45) is 40.8. The molecule has 10 nitrogen and oxygen atoms in total. The third-order valence-electron chi connectivity index (χ3n) is 8.75. The van der Waals surface area contributed by atoms with E-state index in [1.165, 1.54) is 77.0 Å². The van der Waals surface area contributed by atoms with Gasteiger partial charge in [0.25, 0.3) is 0 Å². The lowest BCUT2D eigenvalue weighted by atomic mass is 10.0. The van der Waals surface area contributed by atoms with E-state index in [0.717, 1.165) is 57.8 Å². The minimum absolute atomic E-state index is 0.132. The van der Waals surface area contributed by atoms with Crippen LogP contribution in [-0.2, 0) is 32.7 Å². The molecule has 0 bridgehead atoms. The minimum atomic E-state index is -4.63. The van der Waals surface area contributed by atoms with Crippen LogP contribution in [0.15, 0.2) is 48.6 Å². The Bertz CT molecular complexity index is 1040. The first-order chi connectivity index (χ1) is 26.2. The average Bonchev–Trinajstić information content (AvgIpc) is 3.16. The van der Waals surface area contributed by atoms with Crippen LogP contribution in [0.3, 0.4) is 0 Å². The quantitative estimate of drug-likeness (QED) is 0.0238. The molecule has 54 heavy (non-hydrogen) atoms. The molecule has 0 amide bonds. The van der Waals surface area contributed by atoms with E-state index in [4.69, 9.17) is 19.1 Å². The molecule has 0 aromatic carbocycles. The van der Waals surface area contributed by atoms with Crippen LogP contribution in [0.4, 0.5) is 0 Å². The fourth-order valence-electron chi connectivity index (χ4n) is 5.51. The van der Waals surface area contributed by atoms with E-state index < -0.39 is 51.8 Å². The molecule has 0 aliphatic heterocycles. The Morgan fingerprint density at radius 2 is 1.02 bits per heavy atom. The number of hydrogen-bond acceptors (Lipinski definition) is 9. The number of ether oxygens (including phenoxy) is 2. The van der Waals surface area contributed by atoms with Crippen molar-refractivity contribution in [2.24, 2.45) is 0 Å². The minimum Gasteiger partial charge on any atom is -0.462 e. The van der Waals surface area contributed by atoms with E-state index >= 15 is 0 Å². The van der Waals surface area contributed by atoms with Gasteiger partial charge in [0.15, 0.2) is 6.10 Å². The van der Waals surface area contributed by atoms with Gasteiger partial charge in [-0.3, -0.25) is 18.6 Å². The van der Waals surface area contributed by atoms with Crippen LogP contribution in [0.2, 0.25) is 0 Å². The molecule has 0 spiro atoms. The van der Waals surface area contributed by atoms with E-state index in [1.807, 2.05) is 0 Å². The maximum atomic E-state index is 12.6. The van der Waals surface area contributed by atoms with Gasteiger partial charge in [-0.2, -0.15) is 0 Å². The number of esters is 2. The van der Waals surface area contributed by atoms with Gasteiger partial charge >= 0.3 is 19.8 Å². The van der Waals surface area contributed by atoms with Gasteiger partial charge in [-0.25, -0.2) is 4.57 Å². The highest BCUT2D eigenvalue weighted by atomic mass is 31.2. The number of rotatable bonds is 39.